The summed E-state index contributed by atoms with van der Waals surface area (Å²) < 4.78 is 15.8. The van der Waals surface area contributed by atoms with Crippen LogP contribution in [-0.4, -0.2) is 30.9 Å². The number of benzene rings is 1. The van der Waals surface area contributed by atoms with Crippen LogP contribution < -0.4 is 20.5 Å². The quantitative estimate of drug-likeness (QED) is 0.490. The number of methoxy groups -OCH3 is 2. The monoisotopic (exact) mass is 449 g/mol. The van der Waals surface area contributed by atoms with Gasteiger partial charge in [-0.2, -0.15) is 10.5 Å². The van der Waals surface area contributed by atoms with Crippen molar-refractivity contribution in [1.82, 2.24) is 4.98 Å². The topological polar surface area (TPSA) is 147 Å². The average Bonchev–Trinajstić information content (AvgIpc) is 3.32. The molecule has 0 radical (unpaired) electrons. The van der Waals surface area contributed by atoms with Gasteiger partial charge in [-0.25, -0.2) is 4.98 Å². The fraction of sp³-hybridized carbons (Fsp3) is 0.182. The summed E-state index contributed by atoms with van der Waals surface area (Å²) >= 11 is 1.20. The van der Waals surface area contributed by atoms with Gasteiger partial charge in [0.2, 0.25) is 5.91 Å². The number of nitrogens with one attached hydrogen (secondary N) is 1. The number of nitrogen functional groups attached to an aromatic ring is 1. The van der Waals surface area contributed by atoms with Gasteiger partial charge in [0.25, 0.3) is 0 Å². The zero-order chi connectivity index (χ0) is 23.1. The normalized spacial score (nSPS) is 10.1. The number of pyridine rings is 1. The molecule has 0 bridgehead atoms. The van der Waals surface area contributed by atoms with E-state index in [2.05, 4.69) is 16.4 Å². The van der Waals surface area contributed by atoms with E-state index < -0.39 is 0 Å². The van der Waals surface area contributed by atoms with E-state index in [9.17, 15) is 15.3 Å². The van der Waals surface area contributed by atoms with E-state index >= 15 is 0 Å². The minimum Gasteiger partial charge on any atom is -0.497 e. The number of hydrogen-bond acceptors (Lipinski definition) is 9. The average molecular weight is 449 g/mol. The molecule has 1 aromatic carbocycles. The van der Waals surface area contributed by atoms with E-state index in [4.69, 9.17) is 19.6 Å². The molecular formula is C22H19N5O4S. The fourth-order valence-electron chi connectivity index (χ4n) is 2.91. The van der Waals surface area contributed by atoms with Gasteiger partial charge >= 0.3 is 0 Å². The van der Waals surface area contributed by atoms with Crippen molar-refractivity contribution in [1.29, 1.82) is 10.5 Å². The number of nitriles is 2. The van der Waals surface area contributed by atoms with Crippen molar-refractivity contribution in [2.24, 2.45) is 0 Å². The molecule has 32 heavy (non-hydrogen) atoms. The second kappa shape index (κ2) is 10.2. The minimum atomic E-state index is -0.237. The summed E-state index contributed by atoms with van der Waals surface area (Å²) in [7, 11) is 3.05. The molecule has 0 atom stereocenters. The van der Waals surface area contributed by atoms with Gasteiger partial charge in [-0.3, -0.25) is 4.79 Å². The highest BCUT2D eigenvalue weighted by molar-refractivity contribution is 7.99. The molecule has 0 unspecified atom stereocenters. The van der Waals surface area contributed by atoms with Gasteiger partial charge in [0, 0.05) is 36.1 Å². The highest BCUT2D eigenvalue weighted by Gasteiger charge is 2.22. The molecule has 3 N–H and O–H groups in total. The number of ether oxygens (including phenoxy) is 2. The molecular weight excluding hydrogens is 430 g/mol. The first-order chi connectivity index (χ1) is 15.5. The van der Waals surface area contributed by atoms with Crippen molar-refractivity contribution < 1.29 is 18.7 Å². The molecule has 3 aromatic rings. The van der Waals surface area contributed by atoms with Crippen molar-refractivity contribution in [2.75, 3.05) is 31.0 Å². The number of nitrogens with two attached hydrogens (primary N) is 1. The molecule has 1 amide bonds. The van der Waals surface area contributed by atoms with Crippen LogP contribution >= 0.6 is 11.8 Å². The van der Waals surface area contributed by atoms with Crippen LogP contribution in [0.1, 0.15) is 17.5 Å². The standard InChI is InChI=1S/C22H19N5O4S/c1-29-14-8-13(9-15(10-14)30-2)26-19(28)5-7-32-22-17(12-24)20(18-4-3-6-31-18)16(11-23)21(25)27-22/h3-4,6,8-10H,5,7H2,1-2H3,(H2,25,27)(H,26,28). The third-order valence-corrected chi connectivity index (χ3v) is 5.36. The minimum absolute atomic E-state index is 0.00618. The lowest BCUT2D eigenvalue weighted by molar-refractivity contribution is -0.115. The third kappa shape index (κ3) is 4.94. The maximum absolute atomic E-state index is 12.4. The van der Waals surface area contributed by atoms with Crippen LogP contribution in [0.2, 0.25) is 0 Å². The number of hydrogen-bond donors (Lipinski definition) is 2. The number of carbonyl (C=O) groups is 1. The molecule has 3 rings (SSSR count). The second-order valence-electron chi connectivity index (χ2n) is 6.38. The zero-order valence-electron chi connectivity index (χ0n) is 17.3. The van der Waals surface area contributed by atoms with Gasteiger partial charge in [-0.1, -0.05) is 0 Å². The zero-order valence-corrected chi connectivity index (χ0v) is 18.2. The molecule has 2 heterocycles. The smallest absolute Gasteiger partial charge is 0.225 e. The van der Waals surface area contributed by atoms with Crippen LogP contribution in [0.5, 0.6) is 11.5 Å². The Kier molecular flexibility index (Phi) is 7.21. The van der Waals surface area contributed by atoms with Gasteiger partial charge < -0.3 is 24.9 Å². The number of aromatic nitrogens is 1. The van der Waals surface area contributed by atoms with E-state index in [0.29, 0.717) is 39.3 Å². The Labute approximate surface area is 188 Å². The number of anilines is 2. The first-order valence-corrected chi connectivity index (χ1v) is 10.3. The van der Waals surface area contributed by atoms with Gasteiger partial charge in [0.1, 0.15) is 45.8 Å². The van der Waals surface area contributed by atoms with Crippen molar-refractivity contribution in [3.63, 3.8) is 0 Å². The SMILES string of the molecule is COc1cc(NC(=O)CCSc2nc(N)c(C#N)c(-c3ccco3)c2C#N)cc(OC)c1. The summed E-state index contributed by atoms with van der Waals surface area (Å²) in [6.07, 6.45) is 1.59. The third-order valence-electron chi connectivity index (χ3n) is 4.39. The fourth-order valence-corrected chi connectivity index (χ4v) is 3.85. The second-order valence-corrected chi connectivity index (χ2v) is 7.46. The van der Waals surface area contributed by atoms with Crippen LogP contribution in [0, 0.1) is 22.7 Å². The largest absolute Gasteiger partial charge is 0.497 e. The maximum atomic E-state index is 12.4. The Balaban J connectivity index is 1.75. The van der Waals surface area contributed by atoms with Crippen LogP contribution in [-0.2, 0) is 4.79 Å². The molecule has 0 fully saturated rings. The predicted octanol–water partition coefficient (Wildman–Crippen LogP) is 3.81. The Morgan fingerprint density at radius 2 is 1.88 bits per heavy atom. The molecule has 9 nitrogen and oxygen atoms in total. The van der Waals surface area contributed by atoms with E-state index in [1.54, 1.807) is 30.3 Å². The molecule has 0 aliphatic rings. The van der Waals surface area contributed by atoms with Crippen LogP contribution in [0.15, 0.2) is 46.0 Å². The lowest BCUT2D eigenvalue weighted by atomic mass is 10.0. The van der Waals surface area contributed by atoms with E-state index in [1.165, 1.54) is 32.2 Å². The van der Waals surface area contributed by atoms with Gasteiger partial charge in [-0.05, 0) is 12.1 Å². The summed E-state index contributed by atoms with van der Waals surface area (Å²) in [4.78, 5) is 16.6. The number of amides is 1. The molecule has 0 aliphatic heterocycles. The Hall–Kier alpha value is -4.15. The summed E-state index contributed by atoms with van der Waals surface area (Å²) in [6, 6.07) is 12.4. The number of furan rings is 1. The Bertz CT molecular complexity index is 1190. The Morgan fingerprint density at radius 1 is 1.19 bits per heavy atom. The van der Waals surface area contributed by atoms with Crippen LogP contribution in [0.3, 0.4) is 0 Å². The number of thioether (sulfide) groups is 1. The first kappa shape index (κ1) is 22.5. The van der Waals surface area contributed by atoms with Crippen molar-refractivity contribution in [3.05, 3.63) is 47.7 Å². The van der Waals surface area contributed by atoms with Crippen molar-refractivity contribution in [3.8, 4) is 35.0 Å². The molecule has 2 aromatic heterocycles. The lowest BCUT2D eigenvalue weighted by Gasteiger charge is -2.11. The summed E-state index contributed by atoms with van der Waals surface area (Å²) in [5, 5.41) is 22.3. The molecule has 0 aliphatic carbocycles. The maximum Gasteiger partial charge on any atom is 0.225 e. The summed E-state index contributed by atoms with van der Waals surface area (Å²) in [5.74, 6) is 1.54. The summed E-state index contributed by atoms with van der Waals surface area (Å²) in [5.41, 5.74) is 7.03. The van der Waals surface area contributed by atoms with Gasteiger partial charge in [0.05, 0.1) is 31.6 Å². The van der Waals surface area contributed by atoms with E-state index in [-0.39, 0.29) is 29.3 Å². The van der Waals surface area contributed by atoms with Gasteiger partial charge in [0.15, 0.2) is 0 Å². The molecule has 0 saturated carbocycles. The van der Waals surface area contributed by atoms with Gasteiger partial charge in [-0.15, -0.1) is 11.8 Å². The predicted molar refractivity (Wildman–Crippen MR) is 119 cm³/mol. The van der Waals surface area contributed by atoms with Crippen LogP contribution in [0.4, 0.5) is 11.5 Å². The molecule has 0 saturated heterocycles. The lowest BCUT2D eigenvalue weighted by Crippen LogP contribution is -2.12. The number of rotatable bonds is 8. The molecule has 10 heteroatoms. The highest BCUT2D eigenvalue weighted by Crippen LogP contribution is 2.36. The number of carbonyl (C=O) groups excluding carboxylic acids is 1. The van der Waals surface area contributed by atoms with Crippen LogP contribution in [0.25, 0.3) is 11.3 Å². The van der Waals surface area contributed by atoms with E-state index in [0.717, 1.165) is 0 Å². The number of nitrogens with zero attached hydrogens (tertiary/aromatic N) is 3. The van der Waals surface area contributed by atoms with E-state index in [1.807, 2.05) is 6.07 Å². The first-order valence-electron chi connectivity index (χ1n) is 9.34. The van der Waals surface area contributed by atoms with Crippen molar-refractivity contribution in [2.45, 2.75) is 11.4 Å². The Morgan fingerprint density at radius 3 is 2.44 bits per heavy atom. The summed E-state index contributed by atoms with van der Waals surface area (Å²) in [6.45, 7) is 0. The van der Waals surface area contributed by atoms with Crippen molar-refractivity contribution >= 4 is 29.2 Å². The molecule has 0 spiro atoms. The molecule has 162 valence electrons. The highest BCUT2D eigenvalue weighted by atomic mass is 32.2.